The zero-order valence-corrected chi connectivity index (χ0v) is 20.9. The number of ether oxygens (including phenoxy) is 1. The molecular weight excluding hydrogens is 442 g/mol. The molecule has 33 heavy (non-hydrogen) atoms. The molecule has 0 fully saturated rings. The SMILES string of the molecule is CCNC(=O)[C@H](C)N(Cc1ccc(OC)cc1)C(=O)CN(c1cccc(C)c1C)S(C)(=O)=O. The molecular formula is C24H33N3O5S. The summed E-state index contributed by atoms with van der Waals surface area (Å²) >= 11 is 0. The van der Waals surface area contributed by atoms with Gasteiger partial charge in [0.1, 0.15) is 18.3 Å². The summed E-state index contributed by atoms with van der Waals surface area (Å²) in [4.78, 5) is 27.4. The Labute approximate surface area is 196 Å². The van der Waals surface area contributed by atoms with E-state index < -0.39 is 28.5 Å². The van der Waals surface area contributed by atoms with Crippen LogP contribution in [0.2, 0.25) is 0 Å². The Morgan fingerprint density at radius 2 is 1.73 bits per heavy atom. The first-order valence-electron chi connectivity index (χ1n) is 10.7. The van der Waals surface area contributed by atoms with Crippen LogP contribution in [0.1, 0.15) is 30.5 Å². The van der Waals surface area contributed by atoms with E-state index in [-0.39, 0.29) is 12.5 Å². The number of sulfonamides is 1. The fourth-order valence-corrected chi connectivity index (χ4v) is 4.33. The first-order valence-corrected chi connectivity index (χ1v) is 12.6. The van der Waals surface area contributed by atoms with Crippen molar-refractivity contribution in [1.82, 2.24) is 10.2 Å². The van der Waals surface area contributed by atoms with Gasteiger partial charge in [-0.1, -0.05) is 24.3 Å². The summed E-state index contributed by atoms with van der Waals surface area (Å²) in [5.74, 6) is -0.112. The molecule has 2 rings (SSSR count). The Morgan fingerprint density at radius 3 is 2.27 bits per heavy atom. The molecule has 0 aliphatic carbocycles. The van der Waals surface area contributed by atoms with E-state index in [1.165, 1.54) is 4.90 Å². The van der Waals surface area contributed by atoms with Crippen molar-refractivity contribution in [3.63, 3.8) is 0 Å². The van der Waals surface area contributed by atoms with Crippen LogP contribution in [0.3, 0.4) is 0 Å². The molecule has 8 nitrogen and oxygen atoms in total. The Hall–Kier alpha value is -3.07. The van der Waals surface area contributed by atoms with Gasteiger partial charge in [0.25, 0.3) is 0 Å². The monoisotopic (exact) mass is 475 g/mol. The fraction of sp³-hybridized carbons (Fsp3) is 0.417. The van der Waals surface area contributed by atoms with E-state index in [2.05, 4.69) is 5.32 Å². The third kappa shape index (κ3) is 6.71. The van der Waals surface area contributed by atoms with E-state index in [4.69, 9.17) is 4.74 Å². The Morgan fingerprint density at radius 1 is 1.09 bits per heavy atom. The number of benzene rings is 2. The third-order valence-electron chi connectivity index (χ3n) is 5.55. The van der Waals surface area contributed by atoms with Gasteiger partial charge in [-0.25, -0.2) is 8.42 Å². The average Bonchev–Trinajstić information content (AvgIpc) is 2.77. The standard InChI is InChI=1S/C24H33N3O5S/c1-7-25-24(29)19(4)26(15-20-11-13-21(32-5)14-12-20)23(28)16-27(33(6,30)31)22-10-8-9-17(2)18(22)3/h8-14,19H,7,15-16H2,1-6H3,(H,25,29)/t19-/m0/s1. The zero-order valence-electron chi connectivity index (χ0n) is 20.1. The number of nitrogens with one attached hydrogen (secondary N) is 1. The van der Waals surface area contributed by atoms with Gasteiger partial charge in [-0.2, -0.15) is 0 Å². The minimum atomic E-state index is -3.76. The number of aryl methyl sites for hydroxylation is 1. The number of hydrogen-bond acceptors (Lipinski definition) is 5. The van der Waals surface area contributed by atoms with Gasteiger partial charge in [-0.05, 0) is 62.6 Å². The van der Waals surface area contributed by atoms with Crippen LogP contribution < -0.4 is 14.4 Å². The molecule has 0 saturated carbocycles. The van der Waals surface area contributed by atoms with Crippen molar-refractivity contribution < 1.29 is 22.7 Å². The van der Waals surface area contributed by atoms with E-state index in [1.807, 2.05) is 32.0 Å². The quantitative estimate of drug-likeness (QED) is 0.570. The molecule has 0 aromatic heterocycles. The van der Waals surface area contributed by atoms with Crippen molar-refractivity contribution in [2.45, 2.75) is 40.3 Å². The summed E-state index contributed by atoms with van der Waals surface area (Å²) in [6.07, 6.45) is 1.07. The first-order chi connectivity index (χ1) is 15.5. The van der Waals surface area contributed by atoms with Gasteiger partial charge < -0.3 is 15.0 Å². The van der Waals surface area contributed by atoms with Crippen LogP contribution in [0.5, 0.6) is 5.75 Å². The van der Waals surface area contributed by atoms with Gasteiger partial charge >= 0.3 is 0 Å². The van der Waals surface area contributed by atoms with E-state index in [0.29, 0.717) is 18.0 Å². The van der Waals surface area contributed by atoms with E-state index >= 15 is 0 Å². The fourth-order valence-electron chi connectivity index (χ4n) is 3.43. The molecule has 0 aliphatic heterocycles. The predicted octanol–water partition coefficient (Wildman–Crippen LogP) is 2.63. The first kappa shape index (κ1) is 26.2. The van der Waals surface area contributed by atoms with Crippen LogP contribution in [-0.4, -0.2) is 57.6 Å². The minimum Gasteiger partial charge on any atom is -0.497 e. The van der Waals surface area contributed by atoms with Gasteiger partial charge in [-0.3, -0.25) is 13.9 Å². The summed E-state index contributed by atoms with van der Waals surface area (Å²) in [7, 11) is -2.19. The highest BCUT2D eigenvalue weighted by molar-refractivity contribution is 7.92. The second-order valence-electron chi connectivity index (χ2n) is 7.93. The summed E-state index contributed by atoms with van der Waals surface area (Å²) in [6.45, 7) is 7.29. The number of anilines is 1. The minimum absolute atomic E-state index is 0.144. The lowest BCUT2D eigenvalue weighted by molar-refractivity contribution is -0.139. The van der Waals surface area contributed by atoms with Crippen molar-refractivity contribution in [3.05, 3.63) is 59.2 Å². The number of hydrogen-bond donors (Lipinski definition) is 1. The topological polar surface area (TPSA) is 96.0 Å². The van der Waals surface area contributed by atoms with E-state index in [0.717, 1.165) is 27.3 Å². The molecule has 0 heterocycles. The van der Waals surface area contributed by atoms with Crippen molar-refractivity contribution in [1.29, 1.82) is 0 Å². The lowest BCUT2D eigenvalue weighted by Crippen LogP contribution is -2.51. The molecule has 0 aliphatic rings. The highest BCUT2D eigenvalue weighted by Crippen LogP contribution is 2.25. The molecule has 0 radical (unpaired) electrons. The van der Waals surface area contributed by atoms with Crippen LogP contribution in [0.15, 0.2) is 42.5 Å². The maximum absolute atomic E-state index is 13.5. The van der Waals surface area contributed by atoms with E-state index in [9.17, 15) is 18.0 Å². The summed E-state index contributed by atoms with van der Waals surface area (Å²) in [5, 5.41) is 2.73. The molecule has 2 aromatic rings. The van der Waals surface area contributed by atoms with Gasteiger partial charge in [0.2, 0.25) is 21.8 Å². The van der Waals surface area contributed by atoms with Crippen molar-refractivity contribution in [3.8, 4) is 5.75 Å². The molecule has 180 valence electrons. The van der Waals surface area contributed by atoms with Crippen LogP contribution >= 0.6 is 0 Å². The lowest BCUT2D eigenvalue weighted by atomic mass is 10.1. The van der Waals surface area contributed by atoms with Crippen LogP contribution in [0, 0.1) is 13.8 Å². The highest BCUT2D eigenvalue weighted by Gasteiger charge is 2.30. The van der Waals surface area contributed by atoms with Gasteiger partial charge in [0.05, 0.1) is 19.1 Å². The molecule has 2 amide bonds. The van der Waals surface area contributed by atoms with Crippen molar-refractivity contribution in [2.24, 2.45) is 0 Å². The third-order valence-corrected chi connectivity index (χ3v) is 6.68. The Bertz CT molecular complexity index is 1080. The number of rotatable bonds is 10. The Balaban J connectivity index is 2.41. The molecule has 9 heteroatoms. The normalized spacial score (nSPS) is 12.1. The van der Waals surface area contributed by atoms with Crippen LogP contribution in [0.25, 0.3) is 0 Å². The zero-order chi connectivity index (χ0) is 24.8. The summed E-state index contributed by atoms with van der Waals surface area (Å²) in [5.41, 5.74) is 2.92. The van der Waals surface area contributed by atoms with Gasteiger partial charge in [0, 0.05) is 13.1 Å². The molecule has 1 atom stereocenters. The number of carbonyl (C=O) groups excluding carboxylic acids is 2. The highest BCUT2D eigenvalue weighted by atomic mass is 32.2. The summed E-state index contributed by atoms with van der Waals surface area (Å²) in [6, 6.07) is 11.7. The molecule has 0 bridgehead atoms. The molecule has 0 spiro atoms. The molecule has 0 unspecified atom stereocenters. The average molecular weight is 476 g/mol. The number of carbonyl (C=O) groups is 2. The molecule has 2 aromatic carbocycles. The van der Waals surface area contributed by atoms with Crippen molar-refractivity contribution >= 4 is 27.5 Å². The maximum Gasteiger partial charge on any atom is 0.244 e. The van der Waals surface area contributed by atoms with Gasteiger partial charge in [0.15, 0.2) is 0 Å². The Kier molecular flexibility index (Phi) is 8.87. The molecule has 0 saturated heterocycles. The van der Waals surface area contributed by atoms with Crippen LogP contribution in [0.4, 0.5) is 5.69 Å². The second-order valence-corrected chi connectivity index (χ2v) is 9.84. The molecule has 1 N–H and O–H groups in total. The van der Waals surface area contributed by atoms with Gasteiger partial charge in [-0.15, -0.1) is 0 Å². The number of nitrogens with zero attached hydrogens (tertiary/aromatic N) is 2. The van der Waals surface area contributed by atoms with Crippen molar-refractivity contribution in [2.75, 3.05) is 30.8 Å². The smallest absolute Gasteiger partial charge is 0.244 e. The number of methoxy groups -OCH3 is 1. The van der Waals surface area contributed by atoms with Crippen LogP contribution in [-0.2, 0) is 26.2 Å². The second kappa shape index (κ2) is 11.2. The predicted molar refractivity (Wildman–Crippen MR) is 130 cm³/mol. The maximum atomic E-state index is 13.5. The lowest BCUT2D eigenvalue weighted by Gasteiger charge is -2.32. The number of likely N-dealkylation sites (N-methyl/N-ethyl adjacent to an activating group) is 1. The van der Waals surface area contributed by atoms with E-state index in [1.54, 1.807) is 45.2 Å². The number of amides is 2. The largest absolute Gasteiger partial charge is 0.497 e. The summed E-state index contributed by atoms with van der Waals surface area (Å²) < 4.78 is 31.6.